The molecule has 78 valence electrons. The van der Waals surface area contributed by atoms with E-state index in [2.05, 4.69) is 13.8 Å². The Kier molecular flexibility index (Phi) is 4.23. The summed E-state index contributed by atoms with van der Waals surface area (Å²) in [5, 5.41) is 9.42. The molecule has 1 rings (SSSR count). The smallest absolute Gasteiger partial charge is 0.137 e. The lowest BCUT2D eigenvalue weighted by Gasteiger charge is -2.10. The van der Waals surface area contributed by atoms with E-state index in [1.54, 1.807) is 12.1 Å². The number of aliphatic hydroxyl groups is 1. The third-order valence-corrected chi connectivity index (χ3v) is 2.05. The van der Waals surface area contributed by atoms with Crippen molar-refractivity contribution in [1.29, 1.82) is 0 Å². The molecule has 0 heterocycles. The minimum atomic E-state index is 0.00415. The van der Waals surface area contributed by atoms with Crippen molar-refractivity contribution in [3.63, 3.8) is 0 Å². The molecule has 0 amide bonds. The van der Waals surface area contributed by atoms with Crippen molar-refractivity contribution in [2.75, 3.05) is 6.61 Å². The summed E-state index contributed by atoms with van der Waals surface area (Å²) in [6, 6.07) is 5.31. The molecule has 0 saturated carbocycles. The fraction of sp³-hybridized carbons (Fsp3) is 0.455. The largest absolute Gasteiger partial charge is 0.492 e. The lowest BCUT2D eigenvalue weighted by molar-refractivity contribution is 0.269. The number of halogens is 1. The fourth-order valence-corrected chi connectivity index (χ4v) is 1.27. The van der Waals surface area contributed by atoms with E-state index < -0.39 is 0 Å². The van der Waals surface area contributed by atoms with Crippen molar-refractivity contribution in [2.24, 2.45) is 5.92 Å². The molecule has 0 radical (unpaired) electrons. The lowest BCUT2D eigenvalue weighted by Crippen LogP contribution is -2.04. The maximum Gasteiger partial charge on any atom is 0.137 e. The van der Waals surface area contributed by atoms with Crippen LogP contribution in [0.4, 0.5) is 0 Å². The number of aliphatic hydroxyl groups excluding tert-OH is 1. The van der Waals surface area contributed by atoms with Gasteiger partial charge < -0.3 is 9.84 Å². The summed E-state index contributed by atoms with van der Waals surface area (Å²) in [6.07, 6.45) is 0. The third-order valence-electron chi connectivity index (χ3n) is 1.75. The molecular weight excluding hydrogens is 200 g/mol. The van der Waals surface area contributed by atoms with Crippen LogP contribution in [0.3, 0.4) is 0 Å². The lowest BCUT2D eigenvalue weighted by atomic mass is 10.2. The highest BCUT2D eigenvalue weighted by Crippen LogP contribution is 2.25. The van der Waals surface area contributed by atoms with E-state index in [1.165, 1.54) is 0 Å². The molecule has 14 heavy (non-hydrogen) atoms. The molecule has 0 aliphatic rings. The summed E-state index contributed by atoms with van der Waals surface area (Å²) in [7, 11) is 0. The zero-order valence-electron chi connectivity index (χ0n) is 8.46. The summed E-state index contributed by atoms with van der Waals surface area (Å²) in [5.74, 6) is 1.15. The SMILES string of the molecule is CC(C)COc1ccc(CO)cc1Cl. The summed E-state index contributed by atoms with van der Waals surface area (Å²) in [6.45, 7) is 4.81. The Balaban J connectivity index is 2.69. The van der Waals surface area contributed by atoms with Crippen LogP contribution in [0.15, 0.2) is 18.2 Å². The topological polar surface area (TPSA) is 29.5 Å². The average Bonchev–Trinajstić information content (AvgIpc) is 2.15. The highest BCUT2D eigenvalue weighted by atomic mass is 35.5. The molecule has 0 spiro atoms. The Morgan fingerprint density at radius 3 is 2.64 bits per heavy atom. The summed E-state index contributed by atoms with van der Waals surface area (Å²) < 4.78 is 5.48. The zero-order valence-corrected chi connectivity index (χ0v) is 9.21. The Labute approximate surface area is 89.5 Å². The maximum absolute atomic E-state index is 8.87. The monoisotopic (exact) mass is 214 g/mol. The van der Waals surface area contributed by atoms with E-state index in [4.69, 9.17) is 21.4 Å². The van der Waals surface area contributed by atoms with Gasteiger partial charge in [-0.1, -0.05) is 31.5 Å². The quantitative estimate of drug-likeness (QED) is 0.835. The van der Waals surface area contributed by atoms with Crippen LogP contribution in [0, 0.1) is 5.92 Å². The van der Waals surface area contributed by atoms with E-state index in [0.717, 1.165) is 5.56 Å². The molecule has 1 N–H and O–H groups in total. The molecule has 0 unspecified atom stereocenters. The van der Waals surface area contributed by atoms with E-state index in [9.17, 15) is 0 Å². The third kappa shape index (κ3) is 3.20. The van der Waals surface area contributed by atoms with E-state index in [1.807, 2.05) is 6.07 Å². The normalized spacial score (nSPS) is 10.6. The van der Waals surface area contributed by atoms with Gasteiger partial charge in [-0.3, -0.25) is 0 Å². The predicted octanol–water partition coefficient (Wildman–Crippen LogP) is 2.87. The van der Waals surface area contributed by atoms with E-state index in [-0.39, 0.29) is 6.61 Å². The first-order chi connectivity index (χ1) is 6.63. The van der Waals surface area contributed by atoms with Crippen molar-refractivity contribution in [1.82, 2.24) is 0 Å². The van der Waals surface area contributed by atoms with Gasteiger partial charge in [0.2, 0.25) is 0 Å². The van der Waals surface area contributed by atoms with Crippen LogP contribution in [0.5, 0.6) is 5.75 Å². The van der Waals surface area contributed by atoms with Crippen molar-refractivity contribution >= 4 is 11.6 Å². The van der Waals surface area contributed by atoms with E-state index >= 15 is 0 Å². The van der Waals surface area contributed by atoms with Crippen LogP contribution >= 0.6 is 11.6 Å². The molecule has 1 aromatic carbocycles. The zero-order chi connectivity index (χ0) is 10.6. The second-order valence-corrected chi connectivity index (χ2v) is 4.03. The van der Waals surface area contributed by atoms with Gasteiger partial charge in [0.05, 0.1) is 18.2 Å². The van der Waals surface area contributed by atoms with Crippen molar-refractivity contribution in [3.8, 4) is 5.75 Å². The van der Waals surface area contributed by atoms with Gasteiger partial charge in [-0.15, -0.1) is 0 Å². The molecule has 2 nitrogen and oxygen atoms in total. The number of benzene rings is 1. The standard InChI is InChI=1S/C11H15ClO2/c1-8(2)7-14-11-4-3-9(6-13)5-10(11)12/h3-5,8,13H,6-7H2,1-2H3. The van der Waals surface area contributed by atoms with E-state index in [0.29, 0.717) is 23.3 Å². The first-order valence-corrected chi connectivity index (χ1v) is 5.03. The van der Waals surface area contributed by atoms with Crippen LogP contribution in [-0.2, 0) is 6.61 Å². The number of ether oxygens (including phenoxy) is 1. The molecule has 0 fully saturated rings. The van der Waals surface area contributed by atoms with Gasteiger partial charge in [-0.25, -0.2) is 0 Å². The highest BCUT2D eigenvalue weighted by molar-refractivity contribution is 6.32. The van der Waals surface area contributed by atoms with Gasteiger partial charge >= 0.3 is 0 Å². The minimum absolute atomic E-state index is 0.00415. The van der Waals surface area contributed by atoms with Gasteiger partial charge in [-0.05, 0) is 23.6 Å². The molecule has 1 aromatic rings. The first kappa shape index (κ1) is 11.3. The van der Waals surface area contributed by atoms with Gasteiger partial charge in [0.1, 0.15) is 5.75 Å². The highest BCUT2D eigenvalue weighted by Gasteiger charge is 2.03. The van der Waals surface area contributed by atoms with Crippen molar-refractivity contribution in [2.45, 2.75) is 20.5 Å². The molecule has 0 aliphatic heterocycles. The minimum Gasteiger partial charge on any atom is -0.492 e. The molecular formula is C11H15ClO2. The van der Waals surface area contributed by atoms with Gasteiger partial charge in [0.15, 0.2) is 0 Å². The maximum atomic E-state index is 8.87. The van der Waals surface area contributed by atoms with Crippen LogP contribution in [-0.4, -0.2) is 11.7 Å². The first-order valence-electron chi connectivity index (χ1n) is 4.65. The molecule has 0 aliphatic carbocycles. The number of hydrogen-bond acceptors (Lipinski definition) is 2. The number of hydrogen-bond donors (Lipinski definition) is 1. The predicted molar refractivity (Wildman–Crippen MR) is 57.7 cm³/mol. The van der Waals surface area contributed by atoms with Crippen LogP contribution in [0.2, 0.25) is 5.02 Å². The Hall–Kier alpha value is -0.730. The van der Waals surface area contributed by atoms with Crippen molar-refractivity contribution in [3.05, 3.63) is 28.8 Å². The Bertz CT molecular complexity index is 297. The number of rotatable bonds is 4. The van der Waals surface area contributed by atoms with Crippen LogP contribution in [0.1, 0.15) is 19.4 Å². The summed E-state index contributed by atoms with van der Waals surface area (Å²) in [4.78, 5) is 0. The fourth-order valence-electron chi connectivity index (χ4n) is 1.02. The van der Waals surface area contributed by atoms with Crippen LogP contribution < -0.4 is 4.74 Å². The molecule has 0 bridgehead atoms. The van der Waals surface area contributed by atoms with Gasteiger partial charge in [0.25, 0.3) is 0 Å². The van der Waals surface area contributed by atoms with Gasteiger partial charge in [0, 0.05) is 0 Å². The van der Waals surface area contributed by atoms with Crippen molar-refractivity contribution < 1.29 is 9.84 Å². The average molecular weight is 215 g/mol. The summed E-state index contributed by atoms with van der Waals surface area (Å²) in [5.41, 5.74) is 0.798. The second-order valence-electron chi connectivity index (χ2n) is 3.63. The second kappa shape index (κ2) is 5.23. The Morgan fingerprint density at radius 1 is 1.43 bits per heavy atom. The Morgan fingerprint density at radius 2 is 2.14 bits per heavy atom. The summed E-state index contributed by atoms with van der Waals surface area (Å²) >= 11 is 5.96. The molecule has 0 atom stereocenters. The van der Waals surface area contributed by atoms with Crippen LogP contribution in [0.25, 0.3) is 0 Å². The van der Waals surface area contributed by atoms with Gasteiger partial charge in [-0.2, -0.15) is 0 Å². The molecule has 0 saturated heterocycles. The molecule has 3 heteroatoms. The molecule has 0 aromatic heterocycles.